The van der Waals surface area contributed by atoms with Crippen LogP contribution in [0.1, 0.15) is 39.5 Å². The molecule has 6 nitrogen and oxygen atoms in total. The van der Waals surface area contributed by atoms with Crippen LogP contribution in [0.2, 0.25) is 5.02 Å². The molecule has 2 aromatic heterocycles. The summed E-state index contributed by atoms with van der Waals surface area (Å²) in [5.41, 5.74) is 3.18. The lowest BCUT2D eigenvalue weighted by Gasteiger charge is -2.42. The maximum Gasteiger partial charge on any atom is 0.258 e. The summed E-state index contributed by atoms with van der Waals surface area (Å²) in [4.78, 5) is 35.8. The molecule has 5 rings (SSSR count). The molecule has 1 fully saturated rings. The lowest BCUT2D eigenvalue weighted by Crippen LogP contribution is -2.49. The molecule has 1 saturated heterocycles. The number of pyridine rings is 1. The van der Waals surface area contributed by atoms with Crippen molar-refractivity contribution in [1.29, 1.82) is 0 Å². The molecule has 2 aliphatic heterocycles. The molecule has 0 radical (unpaired) electrons. The fraction of sp³-hybridized carbons (Fsp3) is 0.250. The molecule has 2 aliphatic rings. The van der Waals surface area contributed by atoms with Crippen molar-refractivity contribution in [3.8, 4) is 0 Å². The van der Waals surface area contributed by atoms with Crippen LogP contribution in [0.25, 0.3) is 12.2 Å². The average Bonchev–Trinajstić information content (AvgIpc) is 2.80. The van der Waals surface area contributed by atoms with Crippen molar-refractivity contribution in [2.75, 3.05) is 13.1 Å². The number of fused-ring (bicyclic) bond motifs is 4. The monoisotopic (exact) mass is 432 g/mol. The Morgan fingerprint density at radius 1 is 1.00 bits per heavy atom. The highest BCUT2D eigenvalue weighted by atomic mass is 35.5. The van der Waals surface area contributed by atoms with E-state index in [-0.39, 0.29) is 23.3 Å². The fourth-order valence-corrected chi connectivity index (χ4v) is 4.73. The molecule has 2 bridgehead atoms. The van der Waals surface area contributed by atoms with Crippen LogP contribution >= 0.6 is 11.6 Å². The van der Waals surface area contributed by atoms with Crippen molar-refractivity contribution in [3.05, 3.63) is 92.9 Å². The van der Waals surface area contributed by atoms with Crippen LogP contribution in [0.5, 0.6) is 0 Å². The molecular formula is C24H21ClN4O2. The summed E-state index contributed by atoms with van der Waals surface area (Å²) in [6.45, 7) is 1.87. The van der Waals surface area contributed by atoms with E-state index >= 15 is 0 Å². The van der Waals surface area contributed by atoms with E-state index in [9.17, 15) is 9.59 Å². The van der Waals surface area contributed by atoms with E-state index in [0.717, 1.165) is 17.7 Å². The van der Waals surface area contributed by atoms with E-state index in [1.165, 1.54) is 6.33 Å². The molecule has 7 heteroatoms. The van der Waals surface area contributed by atoms with Crippen LogP contribution in [0.4, 0.5) is 0 Å². The van der Waals surface area contributed by atoms with Gasteiger partial charge in [-0.3, -0.25) is 9.59 Å². The first-order valence-corrected chi connectivity index (χ1v) is 10.7. The number of aromatic nitrogens is 3. The van der Waals surface area contributed by atoms with Gasteiger partial charge < -0.3 is 9.47 Å². The SMILES string of the molecule is O=C(c1cncnc1)N1CC2CC(C1)c1ccc(C=Cc3ccc(Cl)cc3)c(=O)n1C2. The molecule has 0 N–H and O–H groups in total. The molecule has 1 aromatic carbocycles. The number of piperidine rings is 1. The second kappa shape index (κ2) is 8.12. The van der Waals surface area contributed by atoms with Gasteiger partial charge in [0, 0.05) is 54.2 Å². The van der Waals surface area contributed by atoms with E-state index in [4.69, 9.17) is 11.6 Å². The second-order valence-corrected chi connectivity index (χ2v) is 8.59. The second-order valence-electron chi connectivity index (χ2n) is 8.15. The standard InChI is InChI=1S/C24H21ClN4O2/c25-21-6-2-16(3-7-21)1-4-18-5-8-22-19-9-17(13-29(22)24(18)31)12-28(14-19)23(30)20-10-26-15-27-11-20/h1-8,10-11,15,17,19H,9,12-14H2. The van der Waals surface area contributed by atoms with E-state index < -0.39 is 0 Å². The largest absolute Gasteiger partial charge is 0.338 e. The topological polar surface area (TPSA) is 68.1 Å². The Bertz CT molecular complexity index is 1200. The predicted octanol–water partition coefficient (Wildman–Crippen LogP) is 3.72. The van der Waals surface area contributed by atoms with E-state index in [1.807, 2.05) is 58.0 Å². The quantitative estimate of drug-likeness (QED) is 0.632. The summed E-state index contributed by atoms with van der Waals surface area (Å²) in [5, 5.41) is 0.685. The molecule has 156 valence electrons. The molecule has 31 heavy (non-hydrogen) atoms. The van der Waals surface area contributed by atoms with Crippen LogP contribution in [0.15, 0.2) is 59.9 Å². The van der Waals surface area contributed by atoms with Crippen molar-refractivity contribution in [2.45, 2.75) is 18.9 Å². The van der Waals surface area contributed by atoms with Crippen molar-refractivity contribution < 1.29 is 4.79 Å². The van der Waals surface area contributed by atoms with Gasteiger partial charge in [0.2, 0.25) is 0 Å². The molecular weight excluding hydrogens is 412 g/mol. The van der Waals surface area contributed by atoms with Crippen LogP contribution in [0, 0.1) is 5.92 Å². The van der Waals surface area contributed by atoms with Crippen LogP contribution < -0.4 is 5.56 Å². The highest BCUT2D eigenvalue weighted by Crippen LogP contribution is 2.35. The van der Waals surface area contributed by atoms with Gasteiger partial charge in [0.05, 0.1) is 5.56 Å². The number of benzene rings is 1. The molecule has 2 unspecified atom stereocenters. The molecule has 0 aliphatic carbocycles. The first-order chi connectivity index (χ1) is 15.1. The van der Waals surface area contributed by atoms with Gasteiger partial charge in [-0.1, -0.05) is 29.8 Å². The third-order valence-electron chi connectivity index (χ3n) is 6.05. The summed E-state index contributed by atoms with van der Waals surface area (Å²) >= 11 is 5.94. The van der Waals surface area contributed by atoms with Crippen molar-refractivity contribution in [2.24, 2.45) is 5.92 Å². The zero-order valence-electron chi connectivity index (χ0n) is 16.8. The van der Waals surface area contributed by atoms with Gasteiger partial charge in [-0.15, -0.1) is 0 Å². The molecule has 0 spiro atoms. The first-order valence-electron chi connectivity index (χ1n) is 10.3. The minimum atomic E-state index is -0.0476. The Hall–Kier alpha value is -3.25. The number of carbonyl (C=O) groups excluding carboxylic acids is 1. The summed E-state index contributed by atoms with van der Waals surface area (Å²) in [5.74, 6) is 0.365. The van der Waals surface area contributed by atoms with E-state index in [2.05, 4.69) is 9.97 Å². The fourth-order valence-electron chi connectivity index (χ4n) is 4.61. The Morgan fingerprint density at radius 2 is 1.77 bits per heavy atom. The van der Waals surface area contributed by atoms with Crippen molar-refractivity contribution in [1.82, 2.24) is 19.4 Å². The van der Waals surface area contributed by atoms with Gasteiger partial charge in [-0.2, -0.15) is 0 Å². The zero-order chi connectivity index (χ0) is 21.4. The third kappa shape index (κ3) is 3.91. The Labute approximate surface area is 184 Å². The first kappa shape index (κ1) is 19.7. The van der Waals surface area contributed by atoms with Crippen molar-refractivity contribution >= 4 is 29.7 Å². The molecule has 0 saturated carbocycles. The van der Waals surface area contributed by atoms with Gasteiger partial charge in [-0.05, 0) is 48.2 Å². The van der Waals surface area contributed by atoms with Crippen LogP contribution in [0.3, 0.4) is 0 Å². The normalized spacial score (nSPS) is 20.0. The number of nitrogens with zero attached hydrogens (tertiary/aromatic N) is 4. The summed E-state index contributed by atoms with van der Waals surface area (Å²) in [6.07, 6.45) is 9.30. The zero-order valence-corrected chi connectivity index (χ0v) is 17.6. The lowest BCUT2D eigenvalue weighted by molar-refractivity contribution is 0.0593. The van der Waals surface area contributed by atoms with E-state index in [0.29, 0.717) is 35.8 Å². The number of halogens is 1. The maximum absolute atomic E-state index is 13.2. The average molecular weight is 433 g/mol. The maximum atomic E-state index is 13.2. The van der Waals surface area contributed by atoms with Gasteiger partial charge >= 0.3 is 0 Å². The van der Waals surface area contributed by atoms with Gasteiger partial charge in [0.15, 0.2) is 0 Å². The molecule has 4 heterocycles. The van der Waals surface area contributed by atoms with Crippen LogP contribution in [-0.4, -0.2) is 38.4 Å². The summed E-state index contributed by atoms with van der Waals surface area (Å²) in [7, 11) is 0. The highest BCUT2D eigenvalue weighted by molar-refractivity contribution is 6.30. The summed E-state index contributed by atoms with van der Waals surface area (Å²) < 4.78 is 1.90. The third-order valence-corrected chi connectivity index (χ3v) is 6.31. The van der Waals surface area contributed by atoms with Crippen molar-refractivity contribution in [3.63, 3.8) is 0 Å². The minimum Gasteiger partial charge on any atom is -0.338 e. The number of rotatable bonds is 3. The van der Waals surface area contributed by atoms with Gasteiger partial charge in [0.1, 0.15) is 6.33 Å². The molecule has 1 amide bonds. The number of amides is 1. The van der Waals surface area contributed by atoms with Gasteiger partial charge in [-0.25, -0.2) is 9.97 Å². The number of hydrogen-bond donors (Lipinski definition) is 0. The number of hydrogen-bond acceptors (Lipinski definition) is 4. The smallest absolute Gasteiger partial charge is 0.258 e. The van der Waals surface area contributed by atoms with E-state index in [1.54, 1.807) is 12.4 Å². The Kier molecular flexibility index (Phi) is 5.16. The molecule has 3 aromatic rings. The van der Waals surface area contributed by atoms with Crippen LogP contribution in [-0.2, 0) is 6.54 Å². The Balaban J connectivity index is 1.39. The Morgan fingerprint density at radius 3 is 2.55 bits per heavy atom. The number of carbonyl (C=O) groups is 1. The predicted molar refractivity (Wildman–Crippen MR) is 120 cm³/mol. The summed E-state index contributed by atoms with van der Waals surface area (Å²) in [6, 6.07) is 11.4. The lowest BCUT2D eigenvalue weighted by atomic mass is 9.82. The van der Waals surface area contributed by atoms with Gasteiger partial charge in [0.25, 0.3) is 11.5 Å². The minimum absolute atomic E-state index is 0.0219. The highest BCUT2D eigenvalue weighted by Gasteiger charge is 2.36. The number of likely N-dealkylation sites (tertiary alicyclic amines) is 1. The molecule has 2 atom stereocenters.